The second-order valence-corrected chi connectivity index (χ2v) is 11.6. The predicted octanol–water partition coefficient (Wildman–Crippen LogP) is 5.10. The molecule has 1 atom stereocenters. The lowest BCUT2D eigenvalue weighted by Crippen LogP contribution is -2.52. The van der Waals surface area contributed by atoms with E-state index in [1.54, 1.807) is 44.2 Å². The van der Waals surface area contributed by atoms with E-state index in [2.05, 4.69) is 5.32 Å². The van der Waals surface area contributed by atoms with E-state index in [0.29, 0.717) is 34.3 Å². The fourth-order valence-electron chi connectivity index (χ4n) is 4.04. The Labute approximate surface area is 224 Å². The van der Waals surface area contributed by atoms with Crippen molar-refractivity contribution >= 4 is 50.7 Å². The maximum atomic E-state index is 13.8. The molecule has 2 rings (SSSR count). The maximum Gasteiger partial charge on any atom is 0.244 e. The SMILES string of the molecule is CCCCNC(=O)[C@@H](CC)N(Cc1ccc(Cl)c(Cl)c1)C(=O)CN(c1c(C)cccc1C)S(C)(=O)=O. The number of benzene rings is 2. The van der Waals surface area contributed by atoms with Crippen LogP contribution in [0.15, 0.2) is 36.4 Å². The summed E-state index contributed by atoms with van der Waals surface area (Å²) in [6.45, 7) is 7.57. The molecule has 0 spiro atoms. The van der Waals surface area contributed by atoms with E-state index in [1.807, 2.05) is 19.9 Å². The van der Waals surface area contributed by atoms with Gasteiger partial charge in [-0.1, -0.05) is 67.7 Å². The lowest BCUT2D eigenvalue weighted by Gasteiger charge is -2.33. The van der Waals surface area contributed by atoms with Crippen LogP contribution in [-0.2, 0) is 26.2 Å². The van der Waals surface area contributed by atoms with Crippen LogP contribution in [0.25, 0.3) is 0 Å². The van der Waals surface area contributed by atoms with Crippen LogP contribution in [0.5, 0.6) is 0 Å². The third-order valence-corrected chi connectivity index (χ3v) is 7.77. The van der Waals surface area contributed by atoms with Gasteiger partial charge in [-0.2, -0.15) is 0 Å². The summed E-state index contributed by atoms with van der Waals surface area (Å²) < 4.78 is 26.8. The van der Waals surface area contributed by atoms with Crippen LogP contribution in [0.4, 0.5) is 5.69 Å². The summed E-state index contributed by atoms with van der Waals surface area (Å²) in [5.74, 6) is -0.774. The quantitative estimate of drug-likeness (QED) is 0.369. The largest absolute Gasteiger partial charge is 0.354 e. The van der Waals surface area contributed by atoms with Gasteiger partial charge >= 0.3 is 0 Å². The molecule has 0 aliphatic rings. The highest BCUT2D eigenvalue weighted by Gasteiger charge is 2.32. The second kappa shape index (κ2) is 13.3. The summed E-state index contributed by atoms with van der Waals surface area (Å²) in [6.07, 6.45) is 3.16. The number of nitrogens with zero attached hydrogens (tertiary/aromatic N) is 2. The average Bonchev–Trinajstić information content (AvgIpc) is 2.79. The van der Waals surface area contributed by atoms with Gasteiger partial charge in [0.2, 0.25) is 21.8 Å². The van der Waals surface area contributed by atoms with Crippen molar-refractivity contribution in [2.75, 3.05) is 23.7 Å². The van der Waals surface area contributed by atoms with Crippen molar-refractivity contribution in [1.82, 2.24) is 10.2 Å². The van der Waals surface area contributed by atoms with Gasteiger partial charge in [0.1, 0.15) is 12.6 Å². The van der Waals surface area contributed by atoms with Gasteiger partial charge in [0.15, 0.2) is 0 Å². The van der Waals surface area contributed by atoms with Crippen molar-refractivity contribution in [1.29, 1.82) is 0 Å². The first-order chi connectivity index (χ1) is 16.9. The minimum atomic E-state index is -3.80. The molecule has 2 aromatic rings. The number of aryl methyl sites for hydroxylation is 2. The first kappa shape index (κ1) is 29.9. The molecule has 0 saturated carbocycles. The Morgan fingerprint density at radius 2 is 1.67 bits per heavy atom. The van der Waals surface area contributed by atoms with Gasteiger partial charge in [0.05, 0.1) is 22.0 Å². The molecule has 0 radical (unpaired) electrons. The molecule has 0 aromatic heterocycles. The molecule has 198 valence electrons. The van der Waals surface area contributed by atoms with Gasteiger partial charge in [0, 0.05) is 13.1 Å². The molecule has 36 heavy (non-hydrogen) atoms. The summed E-state index contributed by atoms with van der Waals surface area (Å²) in [5.41, 5.74) is 2.60. The van der Waals surface area contributed by atoms with E-state index in [9.17, 15) is 18.0 Å². The highest BCUT2D eigenvalue weighted by molar-refractivity contribution is 7.92. The van der Waals surface area contributed by atoms with Crippen LogP contribution in [-0.4, -0.2) is 50.5 Å². The minimum Gasteiger partial charge on any atom is -0.354 e. The number of para-hydroxylation sites is 1. The normalized spacial score (nSPS) is 12.2. The van der Waals surface area contributed by atoms with Crippen molar-refractivity contribution in [2.45, 2.75) is 59.5 Å². The zero-order valence-corrected chi connectivity index (χ0v) is 23.8. The van der Waals surface area contributed by atoms with Gasteiger partial charge in [-0.25, -0.2) is 8.42 Å². The van der Waals surface area contributed by atoms with Crippen LogP contribution < -0.4 is 9.62 Å². The summed E-state index contributed by atoms with van der Waals surface area (Å²) in [7, 11) is -3.80. The number of rotatable bonds is 12. The standard InChI is InChI=1S/C26H35Cl2N3O4S/c1-6-8-14-29-26(33)23(7-2)30(16-20-12-13-21(27)22(28)15-20)24(32)17-31(36(5,34)35)25-18(3)10-9-11-19(25)4/h9-13,15,23H,6-8,14,16-17H2,1-5H3,(H,29,33)/t23-/m1/s1. The highest BCUT2D eigenvalue weighted by Crippen LogP contribution is 2.28. The van der Waals surface area contributed by atoms with Crippen molar-refractivity contribution in [3.05, 3.63) is 63.1 Å². The summed E-state index contributed by atoms with van der Waals surface area (Å²) >= 11 is 12.3. The third-order valence-electron chi connectivity index (χ3n) is 5.92. The summed E-state index contributed by atoms with van der Waals surface area (Å²) in [4.78, 5) is 28.3. The van der Waals surface area contributed by atoms with Crippen LogP contribution >= 0.6 is 23.2 Å². The van der Waals surface area contributed by atoms with Gasteiger partial charge in [0.25, 0.3) is 0 Å². The van der Waals surface area contributed by atoms with Gasteiger partial charge in [-0.05, 0) is 55.5 Å². The Morgan fingerprint density at radius 1 is 1.03 bits per heavy atom. The van der Waals surface area contributed by atoms with Gasteiger partial charge < -0.3 is 10.2 Å². The third kappa shape index (κ3) is 7.85. The van der Waals surface area contributed by atoms with Crippen molar-refractivity contribution in [3.63, 3.8) is 0 Å². The molecule has 2 amide bonds. The first-order valence-corrected chi connectivity index (χ1v) is 14.6. The number of amides is 2. The molecule has 0 saturated heterocycles. The van der Waals surface area contributed by atoms with E-state index in [4.69, 9.17) is 23.2 Å². The lowest BCUT2D eigenvalue weighted by molar-refractivity contribution is -0.140. The molecule has 0 unspecified atom stereocenters. The number of sulfonamides is 1. The lowest BCUT2D eigenvalue weighted by atomic mass is 10.1. The Morgan fingerprint density at radius 3 is 2.19 bits per heavy atom. The Kier molecular flexibility index (Phi) is 11.1. The van der Waals surface area contributed by atoms with Crippen LogP contribution in [0.3, 0.4) is 0 Å². The highest BCUT2D eigenvalue weighted by atomic mass is 35.5. The van der Waals surface area contributed by atoms with E-state index < -0.39 is 28.5 Å². The zero-order chi connectivity index (χ0) is 27.0. The smallest absolute Gasteiger partial charge is 0.244 e. The fourth-order valence-corrected chi connectivity index (χ4v) is 5.32. The molecule has 10 heteroatoms. The van der Waals surface area contributed by atoms with E-state index in [1.165, 1.54) is 4.90 Å². The molecule has 7 nitrogen and oxygen atoms in total. The molecule has 0 heterocycles. The Hall–Kier alpha value is -2.29. The van der Waals surface area contributed by atoms with Crippen molar-refractivity contribution in [3.8, 4) is 0 Å². The Balaban J connectivity index is 2.48. The van der Waals surface area contributed by atoms with E-state index in [-0.39, 0.29) is 12.5 Å². The maximum absolute atomic E-state index is 13.8. The number of carbonyl (C=O) groups is 2. The number of anilines is 1. The number of halogens is 2. The van der Waals surface area contributed by atoms with Gasteiger partial charge in [-0.3, -0.25) is 13.9 Å². The number of hydrogen-bond donors (Lipinski definition) is 1. The molecular weight excluding hydrogens is 521 g/mol. The van der Waals surface area contributed by atoms with Crippen LogP contribution in [0.2, 0.25) is 10.0 Å². The fraction of sp³-hybridized carbons (Fsp3) is 0.462. The molecule has 0 aliphatic heterocycles. The van der Waals surface area contributed by atoms with Crippen LogP contribution in [0, 0.1) is 13.8 Å². The van der Waals surface area contributed by atoms with E-state index in [0.717, 1.165) is 34.5 Å². The first-order valence-electron chi connectivity index (χ1n) is 12.0. The number of nitrogens with one attached hydrogen (secondary N) is 1. The molecular formula is C26H35Cl2N3O4S. The molecule has 0 fully saturated rings. The summed E-state index contributed by atoms with van der Waals surface area (Å²) in [5, 5.41) is 3.60. The minimum absolute atomic E-state index is 0.0692. The molecule has 2 aromatic carbocycles. The van der Waals surface area contributed by atoms with E-state index >= 15 is 0 Å². The van der Waals surface area contributed by atoms with Crippen molar-refractivity contribution < 1.29 is 18.0 Å². The number of carbonyl (C=O) groups excluding carboxylic acids is 2. The topological polar surface area (TPSA) is 86.8 Å². The second-order valence-electron chi connectivity index (χ2n) is 8.85. The number of hydrogen-bond acceptors (Lipinski definition) is 4. The zero-order valence-electron chi connectivity index (χ0n) is 21.5. The average molecular weight is 557 g/mol. The predicted molar refractivity (Wildman–Crippen MR) is 147 cm³/mol. The molecule has 1 N–H and O–H groups in total. The van der Waals surface area contributed by atoms with Gasteiger partial charge in [-0.15, -0.1) is 0 Å². The monoisotopic (exact) mass is 555 g/mol. The molecule has 0 aliphatic carbocycles. The van der Waals surface area contributed by atoms with Crippen molar-refractivity contribution in [2.24, 2.45) is 0 Å². The Bertz CT molecular complexity index is 1170. The van der Waals surface area contributed by atoms with Crippen LogP contribution in [0.1, 0.15) is 49.8 Å². The number of unbranched alkanes of at least 4 members (excludes halogenated alkanes) is 1. The summed E-state index contributed by atoms with van der Waals surface area (Å²) in [6, 6.07) is 9.65. The molecule has 0 bridgehead atoms.